The third kappa shape index (κ3) is 8.26. The predicted molar refractivity (Wildman–Crippen MR) is 88.0 cm³/mol. The lowest BCUT2D eigenvalue weighted by Gasteiger charge is -2.30. The first-order valence-electron chi connectivity index (χ1n) is 7.86. The molecule has 124 valence electrons. The van der Waals surface area contributed by atoms with Gasteiger partial charge in [0.2, 0.25) is 10.0 Å². The van der Waals surface area contributed by atoms with Crippen LogP contribution in [-0.2, 0) is 10.0 Å². The Balaban J connectivity index is 2.23. The van der Waals surface area contributed by atoms with Crippen LogP contribution in [-0.4, -0.2) is 46.8 Å². The zero-order valence-electron chi connectivity index (χ0n) is 13.5. The van der Waals surface area contributed by atoms with Crippen LogP contribution in [0, 0.1) is 5.92 Å². The van der Waals surface area contributed by atoms with Crippen molar-refractivity contribution in [1.29, 1.82) is 0 Å². The molecule has 0 radical (unpaired) electrons. The highest BCUT2D eigenvalue weighted by Crippen LogP contribution is 2.27. The summed E-state index contributed by atoms with van der Waals surface area (Å²) in [7, 11) is -1.38. The third-order valence-corrected chi connectivity index (χ3v) is 4.62. The molecular formula is C14H30N4O2S. The van der Waals surface area contributed by atoms with Crippen molar-refractivity contribution in [2.75, 3.05) is 26.4 Å². The van der Waals surface area contributed by atoms with Crippen LogP contribution >= 0.6 is 0 Å². The second kappa shape index (κ2) is 9.25. The van der Waals surface area contributed by atoms with Crippen LogP contribution in [0.15, 0.2) is 4.99 Å². The van der Waals surface area contributed by atoms with Gasteiger partial charge in [0.1, 0.15) is 0 Å². The Hall–Kier alpha value is -0.820. The maximum absolute atomic E-state index is 11.0. The Kier molecular flexibility index (Phi) is 8.03. The van der Waals surface area contributed by atoms with E-state index in [1.165, 1.54) is 38.5 Å². The Labute approximate surface area is 129 Å². The first-order chi connectivity index (χ1) is 9.94. The summed E-state index contributed by atoms with van der Waals surface area (Å²) >= 11 is 0. The molecule has 21 heavy (non-hydrogen) atoms. The molecule has 0 heterocycles. The number of nitrogens with one attached hydrogen (secondary N) is 3. The van der Waals surface area contributed by atoms with Crippen LogP contribution in [0.5, 0.6) is 0 Å². The second-order valence-electron chi connectivity index (χ2n) is 5.82. The van der Waals surface area contributed by atoms with Crippen LogP contribution in [0.3, 0.4) is 0 Å². The first kappa shape index (κ1) is 18.2. The van der Waals surface area contributed by atoms with Crippen LogP contribution in [0.1, 0.15) is 45.4 Å². The minimum absolute atomic E-state index is 0.364. The monoisotopic (exact) mass is 318 g/mol. The summed E-state index contributed by atoms with van der Waals surface area (Å²) in [6, 6.07) is 0.479. The van der Waals surface area contributed by atoms with Crippen molar-refractivity contribution >= 4 is 16.0 Å². The van der Waals surface area contributed by atoms with Gasteiger partial charge in [-0.25, -0.2) is 13.1 Å². The first-order valence-corrected chi connectivity index (χ1v) is 9.75. The zero-order valence-corrected chi connectivity index (χ0v) is 14.3. The molecule has 1 fully saturated rings. The Morgan fingerprint density at radius 3 is 2.38 bits per heavy atom. The van der Waals surface area contributed by atoms with Gasteiger partial charge in [-0.05, 0) is 31.6 Å². The average molecular weight is 318 g/mol. The number of rotatable bonds is 7. The standard InChI is InChI=1S/C14H30N4O2S/c1-4-5-12-6-8-13(9-7-12)18-14(15-2)16-10-11-17-21(3,19)20/h12-13,17H,4-11H2,1-3H3,(H2,15,16,18). The fourth-order valence-electron chi connectivity index (χ4n) is 2.81. The van der Waals surface area contributed by atoms with Gasteiger partial charge in [0.05, 0.1) is 6.26 Å². The van der Waals surface area contributed by atoms with Crippen molar-refractivity contribution in [3.63, 3.8) is 0 Å². The topological polar surface area (TPSA) is 82.6 Å². The van der Waals surface area contributed by atoms with Gasteiger partial charge in [-0.15, -0.1) is 0 Å². The van der Waals surface area contributed by atoms with Crippen molar-refractivity contribution in [3.05, 3.63) is 0 Å². The van der Waals surface area contributed by atoms with Crippen molar-refractivity contribution in [3.8, 4) is 0 Å². The molecule has 0 bridgehead atoms. The quantitative estimate of drug-likeness (QED) is 0.372. The van der Waals surface area contributed by atoms with Gasteiger partial charge in [-0.1, -0.05) is 19.8 Å². The maximum atomic E-state index is 11.0. The fraction of sp³-hybridized carbons (Fsp3) is 0.929. The number of aliphatic imine (C=N–C) groups is 1. The maximum Gasteiger partial charge on any atom is 0.208 e. The third-order valence-electron chi connectivity index (χ3n) is 3.89. The molecule has 7 heteroatoms. The molecule has 1 rings (SSSR count). The van der Waals surface area contributed by atoms with Gasteiger partial charge in [0.15, 0.2) is 5.96 Å². The molecule has 0 aromatic carbocycles. The zero-order chi connectivity index (χ0) is 15.7. The van der Waals surface area contributed by atoms with E-state index in [0.29, 0.717) is 19.1 Å². The van der Waals surface area contributed by atoms with Crippen LogP contribution < -0.4 is 15.4 Å². The van der Waals surface area contributed by atoms with Crippen molar-refractivity contribution in [1.82, 2.24) is 15.4 Å². The molecule has 0 aromatic heterocycles. The smallest absolute Gasteiger partial charge is 0.208 e. The van der Waals surface area contributed by atoms with E-state index >= 15 is 0 Å². The summed E-state index contributed by atoms with van der Waals surface area (Å²) in [6.07, 6.45) is 8.74. The van der Waals surface area contributed by atoms with E-state index in [2.05, 4.69) is 27.3 Å². The normalized spacial score (nSPS) is 23.9. The molecule has 1 aliphatic carbocycles. The molecule has 0 amide bonds. The highest BCUT2D eigenvalue weighted by atomic mass is 32.2. The molecule has 0 unspecified atom stereocenters. The van der Waals surface area contributed by atoms with Gasteiger partial charge >= 0.3 is 0 Å². The predicted octanol–water partition coefficient (Wildman–Crippen LogP) is 1.06. The molecule has 6 nitrogen and oxygen atoms in total. The van der Waals surface area contributed by atoms with Gasteiger partial charge in [-0.2, -0.15) is 0 Å². The Morgan fingerprint density at radius 1 is 1.19 bits per heavy atom. The summed E-state index contributed by atoms with van der Waals surface area (Å²) in [4.78, 5) is 4.19. The molecule has 0 aliphatic heterocycles. The number of sulfonamides is 1. The summed E-state index contributed by atoms with van der Waals surface area (Å²) in [5.74, 6) is 1.64. The minimum Gasteiger partial charge on any atom is -0.355 e. The van der Waals surface area contributed by atoms with Gasteiger partial charge in [0, 0.05) is 26.2 Å². The van der Waals surface area contributed by atoms with Crippen molar-refractivity contribution in [2.45, 2.75) is 51.5 Å². The average Bonchev–Trinajstić information content (AvgIpc) is 2.43. The highest BCUT2D eigenvalue weighted by molar-refractivity contribution is 7.88. The summed E-state index contributed by atoms with van der Waals surface area (Å²) < 4.78 is 24.4. The van der Waals surface area contributed by atoms with E-state index in [0.717, 1.165) is 18.1 Å². The largest absolute Gasteiger partial charge is 0.355 e. The molecule has 0 spiro atoms. The molecule has 0 saturated heterocycles. The van der Waals surface area contributed by atoms with E-state index in [9.17, 15) is 8.42 Å². The van der Waals surface area contributed by atoms with E-state index in [-0.39, 0.29) is 0 Å². The Bertz CT molecular complexity index is 415. The van der Waals surface area contributed by atoms with Gasteiger partial charge in [-0.3, -0.25) is 4.99 Å². The minimum atomic E-state index is -3.12. The Morgan fingerprint density at radius 2 is 1.86 bits per heavy atom. The summed E-state index contributed by atoms with van der Waals surface area (Å²) in [5, 5.41) is 6.57. The van der Waals surface area contributed by atoms with Crippen LogP contribution in [0.2, 0.25) is 0 Å². The number of guanidine groups is 1. The molecule has 3 N–H and O–H groups in total. The van der Waals surface area contributed by atoms with Crippen molar-refractivity contribution in [2.24, 2.45) is 10.9 Å². The van der Waals surface area contributed by atoms with E-state index < -0.39 is 10.0 Å². The molecule has 1 aliphatic rings. The lowest BCUT2D eigenvalue weighted by molar-refractivity contribution is 0.295. The van der Waals surface area contributed by atoms with Gasteiger partial charge < -0.3 is 10.6 Å². The van der Waals surface area contributed by atoms with E-state index in [1.807, 2.05) is 0 Å². The highest BCUT2D eigenvalue weighted by Gasteiger charge is 2.21. The van der Waals surface area contributed by atoms with Crippen LogP contribution in [0.25, 0.3) is 0 Å². The van der Waals surface area contributed by atoms with Crippen molar-refractivity contribution < 1.29 is 8.42 Å². The summed E-state index contributed by atoms with van der Waals surface area (Å²) in [5.41, 5.74) is 0. The van der Waals surface area contributed by atoms with E-state index in [4.69, 9.17) is 0 Å². The second-order valence-corrected chi connectivity index (χ2v) is 7.65. The number of hydrogen-bond donors (Lipinski definition) is 3. The fourth-order valence-corrected chi connectivity index (χ4v) is 3.28. The molecular weight excluding hydrogens is 288 g/mol. The van der Waals surface area contributed by atoms with E-state index in [1.54, 1.807) is 7.05 Å². The molecule has 0 aromatic rings. The van der Waals surface area contributed by atoms with Crippen LogP contribution in [0.4, 0.5) is 0 Å². The molecule has 0 atom stereocenters. The van der Waals surface area contributed by atoms with Gasteiger partial charge in [0.25, 0.3) is 0 Å². The molecule has 1 saturated carbocycles. The lowest BCUT2D eigenvalue weighted by Crippen LogP contribution is -2.46. The lowest BCUT2D eigenvalue weighted by atomic mass is 9.83. The summed E-state index contributed by atoms with van der Waals surface area (Å²) in [6.45, 7) is 3.14. The number of hydrogen-bond acceptors (Lipinski definition) is 3. The number of nitrogens with zero attached hydrogens (tertiary/aromatic N) is 1. The SMILES string of the molecule is CCCC1CCC(NC(=NC)NCCNS(C)(=O)=O)CC1.